The van der Waals surface area contributed by atoms with E-state index in [0.29, 0.717) is 18.0 Å². The Morgan fingerprint density at radius 1 is 0.896 bits per heavy atom. The molecule has 5 rings (SSSR count). The zero-order chi connectivity index (χ0) is 34.1. The fourth-order valence-electron chi connectivity index (χ4n) is 6.03. The van der Waals surface area contributed by atoms with Gasteiger partial charge in [0.1, 0.15) is 18.3 Å². The first kappa shape index (κ1) is 35.2. The van der Waals surface area contributed by atoms with Crippen LogP contribution in [0.1, 0.15) is 49.3 Å². The molecule has 0 heterocycles. The number of sulfonamides is 1. The van der Waals surface area contributed by atoms with Gasteiger partial charge in [-0.25, -0.2) is 8.42 Å². The fraction of sp³-hybridized carbons (Fsp3) is 0.316. The molecule has 0 saturated heterocycles. The third-order valence-corrected chi connectivity index (χ3v) is 11.0. The van der Waals surface area contributed by atoms with Crippen molar-refractivity contribution in [3.63, 3.8) is 0 Å². The van der Waals surface area contributed by atoms with Crippen LogP contribution in [0.2, 0.25) is 0 Å². The molecule has 0 aromatic heterocycles. The number of aryl methyl sites for hydroxylation is 1. The summed E-state index contributed by atoms with van der Waals surface area (Å²) >= 11 is 3.38. The lowest BCUT2D eigenvalue weighted by molar-refractivity contribution is -0.140. The van der Waals surface area contributed by atoms with Crippen molar-refractivity contribution in [1.82, 2.24) is 10.2 Å². The number of benzene rings is 4. The molecule has 0 unspecified atom stereocenters. The number of anilines is 1. The monoisotopic (exact) mass is 731 g/mol. The summed E-state index contributed by atoms with van der Waals surface area (Å²) in [5.74, 6) is -0.146. The molecule has 1 saturated carbocycles. The van der Waals surface area contributed by atoms with Crippen LogP contribution in [0, 0.1) is 6.92 Å². The molecule has 0 spiro atoms. The van der Waals surface area contributed by atoms with Crippen LogP contribution < -0.4 is 14.4 Å². The Balaban J connectivity index is 1.57. The number of carbonyl (C=O) groups excluding carboxylic acids is 2. The van der Waals surface area contributed by atoms with E-state index < -0.39 is 28.5 Å². The van der Waals surface area contributed by atoms with Crippen LogP contribution in [0.4, 0.5) is 5.69 Å². The number of carbonyl (C=O) groups is 2. The molecule has 0 bridgehead atoms. The van der Waals surface area contributed by atoms with Gasteiger partial charge in [-0.3, -0.25) is 13.9 Å². The first-order valence-electron chi connectivity index (χ1n) is 16.3. The van der Waals surface area contributed by atoms with Gasteiger partial charge in [-0.1, -0.05) is 83.4 Å². The number of hydrogen-bond donors (Lipinski definition) is 1. The van der Waals surface area contributed by atoms with Gasteiger partial charge in [0.2, 0.25) is 11.8 Å². The topological polar surface area (TPSA) is 96.0 Å². The molecule has 0 aliphatic heterocycles. The van der Waals surface area contributed by atoms with Crippen LogP contribution in [0.25, 0.3) is 0 Å². The maximum atomic E-state index is 14.7. The van der Waals surface area contributed by atoms with E-state index in [4.69, 9.17) is 4.74 Å². The molecule has 1 N–H and O–H groups in total. The van der Waals surface area contributed by atoms with Crippen molar-refractivity contribution in [1.29, 1.82) is 0 Å². The highest BCUT2D eigenvalue weighted by atomic mass is 79.9. The molecular formula is C38H42BrN3O5S. The number of amides is 2. The van der Waals surface area contributed by atoms with Crippen LogP contribution in [0.15, 0.2) is 112 Å². The van der Waals surface area contributed by atoms with Crippen molar-refractivity contribution in [2.45, 2.75) is 69.5 Å². The highest BCUT2D eigenvalue weighted by Crippen LogP contribution is 2.28. The summed E-state index contributed by atoms with van der Waals surface area (Å²) in [6, 6.07) is 29.5. The number of halogens is 1. The van der Waals surface area contributed by atoms with E-state index in [1.807, 2.05) is 68.4 Å². The molecule has 10 heteroatoms. The Hall–Kier alpha value is -4.15. The summed E-state index contributed by atoms with van der Waals surface area (Å²) in [7, 11) is -4.21. The summed E-state index contributed by atoms with van der Waals surface area (Å²) in [4.78, 5) is 30.5. The molecule has 1 aliphatic carbocycles. The lowest BCUT2D eigenvalue weighted by Gasteiger charge is -2.34. The molecule has 48 heavy (non-hydrogen) atoms. The van der Waals surface area contributed by atoms with Crippen molar-refractivity contribution in [2.24, 2.45) is 0 Å². The van der Waals surface area contributed by atoms with Crippen LogP contribution in [0.3, 0.4) is 0 Å². The highest BCUT2D eigenvalue weighted by Gasteiger charge is 2.35. The van der Waals surface area contributed by atoms with Crippen molar-refractivity contribution < 1.29 is 22.7 Å². The largest absolute Gasteiger partial charge is 0.494 e. The van der Waals surface area contributed by atoms with Gasteiger partial charge in [0, 0.05) is 23.5 Å². The minimum absolute atomic E-state index is 0.0395. The second-order valence-electron chi connectivity index (χ2n) is 12.0. The van der Waals surface area contributed by atoms with E-state index in [2.05, 4.69) is 21.2 Å². The molecule has 2 amide bonds. The predicted octanol–water partition coefficient (Wildman–Crippen LogP) is 7.05. The average Bonchev–Trinajstić information content (AvgIpc) is 3.60. The minimum Gasteiger partial charge on any atom is -0.494 e. The summed E-state index contributed by atoms with van der Waals surface area (Å²) in [5.41, 5.74) is 3.05. The van der Waals surface area contributed by atoms with E-state index >= 15 is 0 Å². The molecule has 4 aromatic carbocycles. The molecule has 8 nitrogen and oxygen atoms in total. The summed E-state index contributed by atoms with van der Waals surface area (Å²) in [5, 5.41) is 3.22. The molecule has 4 aromatic rings. The van der Waals surface area contributed by atoms with Crippen LogP contribution in [0.5, 0.6) is 5.75 Å². The van der Waals surface area contributed by atoms with E-state index in [0.717, 1.165) is 51.2 Å². The quantitative estimate of drug-likeness (QED) is 0.150. The van der Waals surface area contributed by atoms with Crippen LogP contribution in [-0.4, -0.2) is 50.4 Å². The zero-order valence-corrected chi connectivity index (χ0v) is 29.8. The van der Waals surface area contributed by atoms with Crippen LogP contribution in [-0.2, 0) is 32.6 Å². The Morgan fingerprint density at radius 2 is 1.54 bits per heavy atom. The average molecular weight is 733 g/mol. The summed E-state index contributed by atoms with van der Waals surface area (Å²) < 4.78 is 36.0. The number of nitrogens with zero attached hydrogens (tertiary/aromatic N) is 2. The molecule has 1 atom stereocenters. The van der Waals surface area contributed by atoms with Gasteiger partial charge < -0.3 is 15.0 Å². The van der Waals surface area contributed by atoms with E-state index in [1.165, 1.54) is 12.1 Å². The first-order valence-corrected chi connectivity index (χ1v) is 18.6. The SMILES string of the molecule is CCOc1ccc(N(CC(=O)N(Cc2ccccc2C)[C@H](Cc2ccccc2)C(=O)NC2CCCC2)S(=O)(=O)c2ccc(Br)cc2)cc1. The van der Waals surface area contributed by atoms with E-state index in [1.54, 1.807) is 41.3 Å². The molecule has 0 radical (unpaired) electrons. The third kappa shape index (κ3) is 8.85. The minimum atomic E-state index is -4.21. The first-order chi connectivity index (χ1) is 23.2. The van der Waals surface area contributed by atoms with Gasteiger partial charge in [-0.2, -0.15) is 0 Å². The molecule has 1 aliphatic rings. The lowest BCUT2D eigenvalue weighted by atomic mass is 10.0. The number of ether oxygens (including phenoxy) is 1. The van der Waals surface area contributed by atoms with Crippen molar-refractivity contribution in [3.8, 4) is 5.75 Å². The second kappa shape index (κ2) is 16.3. The predicted molar refractivity (Wildman–Crippen MR) is 192 cm³/mol. The van der Waals surface area contributed by atoms with E-state index in [-0.39, 0.29) is 29.8 Å². The summed E-state index contributed by atoms with van der Waals surface area (Å²) in [6.45, 7) is 3.91. The fourth-order valence-corrected chi connectivity index (χ4v) is 7.71. The normalized spacial score (nSPS) is 13.9. The van der Waals surface area contributed by atoms with Crippen molar-refractivity contribution in [3.05, 3.63) is 124 Å². The molecule has 1 fully saturated rings. The second-order valence-corrected chi connectivity index (χ2v) is 14.8. The maximum Gasteiger partial charge on any atom is 0.264 e. The van der Waals surface area contributed by atoms with E-state index in [9.17, 15) is 18.0 Å². The Labute approximate surface area is 292 Å². The molecule has 252 valence electrons. The lowest BCUT2D eigenvalue weighted by Crippen LogP contribution is -2.54. The van der Waals surface area contributed by atoms with Gasteiger partial charge >= 0.3 is 0 Å². The van der Waals surface area contributed by atoms with Gasteiger partial charge in [0.15, 0.2) is 0 Å². The zero-order valence-electron chi connectivity index (χ0n) is 27.3. The summed E-state index contributed by atoms with van der Waals surface area (Å²) in [6.07, 6.45) is 4.16. The number of nitrogens with one attached hydrogen (secondary N) is 1. The third-order valence-electron chi connectivity index (χ3n) is 8.69. The smallest absolute Gasteiger partial charge is 0.264 e. The van der Waals surface area contributed by atoms with Gasteiger partial charge in [-0.05, 0) is 91.9 Å². The van der Waals surface area contributed by atoms with Gasteiger partial charge in [-0.15, -0.1) is 0 Å². The Morgan fingerprint density at radius 3 is 2.19 bits per heavy atom. The number of hydrogen-bond acceptors (Lipinski definition) is 5. The Bertz CT molecular complexity index is 1780. The van der Waals surface area contributed by atoms with Gasteiger partial charge in [0.25, 0.3) is 10.0 Å². The standard InChI is InChI=1S/C38H42BrN3O5S/c1-3-47-34-21-19-33(20-22-34)42(48(45,46)35-23-17-31(39)18-24-35)27-37(43)41(26-30-14-8-7-11-28(30)2)36(25-29-12-5-4-6-13-29)38(44)40-32-15-9-10-16-32/h4-8,11-14,17-24,32,36H,3,9-10,15-16,25-27H2,1-2H3,(H,40,44)/t36-/m1/s1. The van der Waals surface area contributed by atoms with Gasteiger partial charge in [0.05, 0.1) is 17.2 Å². The van der Waals surface area contributed by atoms with Crippen LogP contribution >= 0.6 is 15.9 Å². The highest BCUT2D eigenvalue weighted by molar-refractivity contribution is 9.10. The maximum absolute atomic E-state index is 14.7. The molecular weight excluding hydrogens is 690 g/mol. The van der Waals surface area contributed by atoms with Crippen molar-refractivity contribution in [2.75, 3.05) is 17.5 Å². The van der Waals surface area contributed by atoms with Crippen molar-refractivity contribution >= 4 is 43.5 Å². The number of rotatable bonds is 14. The Kier molecular flexibility index (Phi) is 11.9.